The smallest absolute Gasteiger partial charge is 0.125 e. The Kier molecular flexibility index (Phi) is 4.56. The Hall–Kier alpha value is -1.28. The highest BCUT2D eigenvalue weighted by atomic mass is 16.5. The van der Waals surface area contributed by atoms with Gasteiger partial charge in [0.2, 0.25) is 0 Å². The summed E-state index contributed by atoms with van der Waals surface area (Å²) in [6, 6.07) is 5.86. The van der Waals surface area contributed by atoms with Gasteiger partial charge in [0.1, 0.15) is 12.4 Å². The lowest BCUT2D eigenvalue weighted by molar-refractivity contribution is 0.193. The highest BCUT2D eigenvalue weighted by Crippen LogP contribution is 2.26. The van der Waals surface area contributed by atoms with E-state index in [1.807, 2.05) is 45.0 Å². The van der Waals surface area contributed by atoms with Gasteiger partial charge < -0.3 is 9.84 Å². The summed E-state index contributed by atoms with van der Waals surface area (Å²) in [5, 5.41) is 9.64. The van der Waals surface area contributed by atoms with Crippen molar-refractivity contribution >= 4 is 0 Å². The summed E-state index contributed by atoms with van der Waals surface area (Å²) >= 11 is 0. The van der Waals surface area contributed by atoms with Crippen molar-refractivity contribution in [1.29, 1.82) is 0 Å². The van der Waals surface area contributed by atoms with Gasteiger partial charge in [-0.2, -0.15) is 0 Å². The fraction of sp³-hybridized carbons (Fsp3) is 0.429. The zero-order valence-corrected chi connectivity index (χ0v) is 10.4. The van der Waals surface area contributed by atoms with E-state index in [-0.39, 0.29) is 0 Å². The molecule has 0 radical (unpaired) electrons. The molecule has 0 spiro atoms. The number of ether oxygens (including phenoxy) is 1. The third-order valence-corrected chi connectivity index (χ3v) is 2.35. The first-order chi connectivity index (χ1) is 7.50. The van der Waals surface area contributed by atoms with E-state index in [0.717, 1.165) is 16.9 Å². The average molecular weight is 220 g/mol. The second-order valence-corrected chi connectivity index (χ2v) is 4.31. The first-order valence-corrected chi connectivity index (χ1v) is 5.55. The van der Waals surface area contributed by atoms with Crippen molar-refractivity contribution in [2.24, 2.45) is 0 Å². The molecular weight excluding hydrogens is 200 g/mol. The minimum atomic E-state index is -0.499. The molecule has 1 aromatic rings. The number of hydrogen-bond donors (Lipinski definition) is 1. The molecule has 0 amide bonds. The van der Waals surface area contributed by atoms with Crippen molar-refractivity contribution < 1.29 is 9.84 Å². The zero-order valence-electron chi connectivity index (χ0n) is 10.4. The molecule has 1 unspecified atom stereocenters. The van der Waals surface area contributed by atoms with Crippen molar-refractivity contribution in [3.05, 3.63) is 41.0 Å². The molecule has 0 aliphatic carbocycles. The van der Waals surface area contributed by atoms with Crippen molar-refractivity contribution in [2.45, 2.75) is 33.8 Å². The van der Waals surface area contributed by atoms with Gasteiger partial charge in [0.05, 0.1) is 6.10 Å². The third kappa shape index (κ3) is 3.70. The number of aryl methyl sites for hydroxylation is 1. The minimum absolute atomic E-state index is 0.499. The zero-order chi connectivity index (χ0) is 12.1. The lowest BCUT2D eigenvalue weighted by atomic mass is 10.1. The maximum Gasteiger partial charge on any atom is 0.125 e. The Morgan fingerprint density at radius 3 is 2.69 bits per heavy atom. The number of allylic oxidation sites excluding steroid dienone is 1. The van der Waals surface area contributed by atoms with E-state index in [1.165, 1.54) is 5.57 Å². The maximum absolute atomic E-state index is 9.64. The van der Waals surface area contributed by atoms with E-state index in [0.29, 0.717) is 6.61 Å². The molecule has 1 aromatic carbocycles. The second-order valence-electron chi connectivity index (χ2n) is 4.31. The van der Waals surface area contributed by atoms with Gasteiger partial charge in [-0.25, -0.2) is 0 Å². The van der Waals surface area contributed by atoms with Crippen LogP contribution in [0.15, 0.2) is 29.8 Å². The van der Waals surface area contributed by atoms with E-state index >= 15 is 0 Å². The largest absolute Gasteiger partial charge is 0.489 e. The summed E-state index contributed by atoms with van der Waals surface area (Å²) in [5.74, 6) is 0.762. The van der Waals surface area contributed by atoms with Crippen molar-refractivity contribution in [3.63, 3.8) is 0 Å². The summed E-state index contributed by atoms with van der Waals surface area (Å²) in [4.78, 5) is 0. The molecule has 2 nitrogen and oxygen atoms in total. The Morgan fingerprint density at radius 2 is 2.12 bits per heavy atom. The highest BCUT2D eigenvalue weighted by molar-refractivity contribution is 5.38. The summed E-state index contributed by atoms with van der Waals surface area (Å²) < 4.78 is 5.63. The molecule has 16 heavy (non-hydrogen) atoms. The molecule has 1 N–H and O–H groups in total. The predicted octanol–water partition coefficient (Wildman–Crippen LogP) is 3.39. The SMILES string of the molecule is CC(C)=CCOc1ccc(C)cc1C(C)O. The Balaban J connectivity index is 2.82. The summed E-state index contributed by atoms with van der Waals surface area (Å²) in [7, 11) is 0. The number of hydrogen-bond acceptors (Lipinski definition) is 2. The van der Waals surface area contributed by atoms with E-state index < -0.39 is 6.10 Å². The van der Waals surface area contributed by atoms with E-state index in [2.05, 4.69) is 0 Å². The molecule has 0 aliphatic rings. The molecule has 1 rings (SSSR count). The van der Waals surface area contributed by atoms with Crippen LogP contribution in [0.4, 0.5) is 0 Å². The van der Waals surface area contributed by atoms with Gasteiger partial charge >= 0.3 is 0 Å². The molecular formula is C14H20O2. The van der Waals surface area contributed by atoms with E-state index in [9.17, 15) is 5.11 Å². The number of aliphatic hydroxyl groups excluding tert-OH is 1. The van der Waals surface area contributed by atoms with E-state index in [4.69, 9.17) is 4.74 Å². The van der Waals surface area contributed by atoms with Crippen LogP contribution in [0.25, 0.3) is 0 Å². The topological polar surface area (TPSA) is 29.5 Å². The van der Waals surface area contributed by atoms with Crippen LogP contribution in [-0.2, 0) is 0 Å². The molecule has 0 aliphatic heterocycles. The summed E-state index contributed by atoms with van der Waals surface area (Å²) in [6.07, 6.45) is 1.52. The van der Waals surface area contributed by atoms with Crippen LogP contribution in [0.5, 0.6) is 5.75 Å². The van der Waals surface area contributed by atoms with Gasteiger partial charge in [-0.15, -0.1) is 0 Å². The van der Waals surface area contributed by atoms with Crippen molar-refractivity contribution in [3.8, 4) is 5.75 Å². The Morgan fingerprint density at radius 1 is 1.44 bits per heavy atom. The lowest BCUT2D eigenvalue weighted by Gasteiger charge is -2.13. The van der Waals surface area contributed by atoms with Crippen molar-refractivity contribution in [2.75, 3.05) is 6.61 Å². The second kappa shape index (κ2) is 5.71. The normalized spacial score (nSPS) is 12.1. The number of rotatable bonds is 4. The van der Waals surface area contributed by atoms with Gasteiger partial charge in [0, 0.05) is 5.56 Å². The van der Waals surface area contributed by atoms with Gasteiger partial charge in [-0.05, 0) is 45.9 Å². The Labute approximate surface area is 97.6 Å². The molecule has 0 bridgehead atoms. The molecule has 2 heteroatoms. The molecule has 0 saturated carbocycles. The monoisotopic (exact) mass is 220 g/mol. The fourth-order valence-electron chi connectivity index (χ4n) is 1.42. The lowest BCUT2D eigenvalue weighted by Crippen LogP contribution is -2.01. The fourth-order valence-corrected chi connectivity index (χ4v) is 1.42. The van der Waals surface area contributed by atoms with Crippen LogP contribution in [0.3, 0.4) is 0 Å². The summed E-state index contributed by atoms with van der Waals surface area (Å²) in [6.45, 7) is 8.38. The standard InChI is InChI=1S/C14H20O2/c1-10(2)7-8-16-14-6-5-11(3)9-13(14)12(4)15/h5-7,9,12,15H,8H2,1-4H3. The van der Waals surface area contributed by atoms with Crippen LogP contribution >= 0.6 is 0 Å². The van der Waals surface area contributed by atoms with Gasteiger partial charge in [-0.1, -0.05) is 17.2 Å². The first-order valence-electron chi connectivity index (χ1n) is 5.55. The highest BCUT2D eigenvalue weighted by Gasteiger charge is 2.08. The average Bonchev–Trinajstić information content (AvgIpc) is 2.19. The van der Waals surface area contributed by atoms with Gasteiger partial charge in [0.15, 0.2) is 0 Å². The molecule has 0 saturated heterocycles. The Bertz CT molecular complexity index is 374. The van der Waals surface area contributed by atoms with Crippen LogP contribution in [0.1, 0.15) is 38.0 Å². The van der Waals surface area contributed by atoms with Crippen LogP contribution < -0.4 is 4.74 Å². The van der Waals surface area contributed by atoms with Crippen LogP contribution in [0, 0.1) is 6.92 Å². The number of benzene rings is 1. The molecule has 0 heterocycles. The summed E-state index contributed by atoms with van der Waals surface area (Å²) in [5.41, 5.74) is 3.21. The first kappa shape index (κ1) is 12.8. The molecule has 1 atom stereocenters. The van der Waals surface area contributed by atoms with Crippen LogP contribution in [-0.4, -0.2) is 11.7 Å². The minimum Gasteiger partial charge on any atom is -0.489 e. The van der Waals surface area contributed by atoms with Gasteiger partial charge in [0.25, 0.3) is 0 Å². The predicted molar refractivity (Wildman–Crippen MR) is 66.7 cm³/mol. The molecule has 88 valence electrons. The maximum atomic E-state index is 9.64. The van der Waals surface area contributed by atoms with Crippen LogP contribution in [0.2, 0.25) is 0 Å². The molecule has 0 fully saturated rings. The van der Waals surface area contributed by atoms with Crippen molar-refractivity contribution in [1.82, 2.24) is 0 Å². The quantitative estimate of drug-likeness (QED) is 0.788. The van der Waals surface area contributed by atoms with Gasteiger partial charge in [-0.3, -0.25) is 0 Å². The molecule has 0 aromatic heterocycles. The number of aliphatic hydroxyl groups is 1. The van der Waals surface area contributed by atoms with E-state index in [1.54, 1.807) is 6.92 Å². The third-order valence-electron chi connectivity index (χ3n) is 2.35.